The van der Waals surface area contributed by atoms with E-state index in [0.717, 1.165) is 22.3 Å². The summed E-state index contributed by atoms with van der Waals surface area (Å²) >= 11 is 0. The average molecular weight is 480 g/mol. The third-order valence-electron chi connectivity index (χ3n) is 5.96. The number of aromatic carboxylic acids is 1. The van der Waals surface area contributed by atoms with Crippen LogP contribution in [0.15, 0.2) is 54.7 Å². The number of hydrogen-bond donors (Lipinski definition) is 1. The summed E-state index contributed by atoms with van der Waals surface area (Å²) < 4.78 is 43.1. The van der Waals surface area contributed by atoms with Crippen LogP contribution in [-0.4, -0.2) is 39.3 Å². The molecule has 0 saturated carbocycles. The number of pyridine rings is 1. The standard InChI is InChI=1S/C25H19F3N4O3/c1-31(15-6-8-16(9-7-15)35-25(26,27)28)21-5-3-4-18-22(21)30-32(2)23(18)14-12-19-17(24(33)34)10-11-29-20(19)13-14/h3-11,13H,12H2,1-2H3,(H,33,34). The summed E-state index contributed by atoms with van der Waals surface area (Å²) in [5.41, 5.74) is 5.38. The predicted octanol–water partition coefficient (Wildman–Crippen LogP) is 5.43. The van der Waals surface area contributed by atoms with Crippen molar-refractivity contribution in [1.82, 2.24) is 14.8 Å². The Morgan fingerprint density at radius 2 is 1.89 bits per heavy atom. The van der Waals surface area contributed by atoms with Gasteiger partial charge in [-0.3, -0.25) is 9.67 Å². The van der Waals surface area contributed by atoms with Crippen molar-refractivity contribution in [2.75, 3.05) is 11.9 Å². The first-order valence-corrected chi connectivity index (χ1v) is 10.6. The minimum Gasteiger partial charge on any atom is -0.478 e. The molecule has 0 saturated heterocycles. The van der Waals surface area contributed by atoms with E-state index >= 15 is 0 Å². The zero-order valence-corrected chi connectivity index (χ0v) is 18.7. The highest BCUT2D eigenvalue weighted by Gasteiger charge is 2.31. The number of ether oxygens (including phenoxy) is 1. The average Bonchev–Trinajstić information content (AvgIpc) is 3.37. The van der Waals surface area contributed by atoms with Gasteiger partial charge >= 0.3 is 12.3 Å². The number of aromatic nitrogens is 3. The Balaban J connectivity index is 1.51. The van der Waals surface area contributed by atoms with Gasteiger partial charge < -0.3 is 14.7 Å². The molecule has 1 N–H and O–H groups in total. The van der Waals surface area contributed by atoms with Gasteiger partial charge in [-0.05, 0) is 53.6 Å². The van der Waals surface area contributed by atoms with Crippen molar-refractivity contribution in [2.45, 2.75) is 12.8 Å². The molecule has 2 aromatic heterocycles. The van der Waals surface area contributed by atoms with E-state index in [1.807, 2.05) is 36.2 Å². The number of carboxylic acids is 1. The lowest BCUT2D eigenvalue weighted by molar-refractivity contribution is -0.274. The largest absolute Gasteiger partial charge is 0.573 e. The van der Waals surface area contributed by atoms with Crippen molar-refractivity contribution >= 4 is 39.9 Å². The van der Waals surface area contributed by atoms with Gasteiger partial charge in [-0.1, -0.05) is 12.1 Å². The van der Waals surface area contributed by atoms with Gasteiger partial charge in [0.05, 0.1) is 22.6 Å². The van der Waals surface area contributed by atoms with Gasteiger partial charge in [-0.15, -0.1) is 13.2 Å². The van der Waals surface area contributed by atoms with Crippen LogP contribution in [0, 0.1) is 0 Å². The minimum absolute atomic E-state index is 0.228. The van der Waals surface area contributed by atoms with E-state index in [2.05, 4.69) is 9.72 Å². The number of carbonyl (C=O) groups is 1. The first-order chi connectivity index (χ1) is 16.6. The Morgan fingerprint density at radius 1 is 1.14 bits per heavy atom. The fourth-order valence-electron chi connectivity index (χ4n) is 4.44. The maximum atomic E-state index is 12.5. The van der Waals surface area contributed by atoms with E-state index in [9.17, 15) is 23.1 Å². The molecule has 0 aliphatic heterocycles. The van der Waals surface area contributed by atoms with Gasteiger partial charge in [0, 0.05) is 37.8 Å². The van der Waals surface area contributed by atoms with Gasteiger partial charge in [0.2, 0.25) is 0 Å². The molecule has 2 aromatic carbocycles. The highest BCUT2D eigenvalue weighted by molar-refractivity contribution is 6.04. The van der Waals surface area contributed by atoms with Crippen molar-refractivity contribution in [3.8, 4) is 5.75 Å². The van der Waals surface area contributed by atoms with Gasteiger partial charge in [0.1, 0.15) is 11.3 Å². The van der Waals surface area contributed by atoms with E-state index in [-0.39, 0.29) is 11.3 Å². The van der Waals surface area contributed by atoms with E-state index in [1.54, 1.807) is 23.9 Å². The molecule has 4 aromatic rings. The Labute approximate surface area is 197 Å². The second-order valence-corrected chi connectivity index (χ2v) is 8.12. The summed E-state index contributed by atoms with van der Waals surface area (Å²) in [7, 11) is 3.62. The number of alkyl halides is 3. The number of nitrogens with zero attached hydrogens (tertiary/aromatic N) is 4. The fourth-order valence-corrected chi connectivity index (χ4v) is 4.44. The summed E-state index contributed by atoms with van der Waals surface area (Å²) in [4.78, 5) is 17.8. The quantitative estimate of drug-likeness (QED) is 0.410. The Bertz CT molecular complexity index is 1490. The third kappa shape index (κ3) is 4.07. The fraction of sp³-hybridized carbons (Fsp3) is 0.160. The number of hydrogen-bond acceptors (Lipinski definition) is 5. The van der Waals surface area contributed by atoms with Gasteiger partial charge in [-0.2, -0.15) is 5.10 Å². The number of allylic oxidation sites excluding steroid dienone is 1. The van der Waals surface area contributed by atoms with Gasteiger partial charge in [-0.25, -0.2) is 4.79 Å². The summed E-state index contributed by atoms with van der Waals surface area (Å²) in [5, 5.41) is 15.1. The third-order valence-corrected chi connectivity index (χ3v) is 5.96. The highest BCUT2D eigenvalue weighted by atomic mass is 19.4. The SMILES string of the molecule is CN(c1ccc(OC(F)(F)F)cc1)c1cccc2c(C3=Cc4nccc(C(=O)O)c4C3)n(C)nc12. The number of aryl methyl sites for hydroxylation is 1. The van der Waals surface area contributed by atoms with Crippen molar-refractivity contribution in [1.29, 1.82) is 0 Å². The van der Waals surface area contributed by atoms with Crippen LogP contribution >= 0.6 is 0 Å². The molecule has 0 spiro atoms. The summed E-state index contributed by atoms with van der Waals surface area (Å²) in [6.07, 6.45) is -0.964. The molecule has 10 heteroatoms. The van der Waals surface area contributed by atoms with Crippen molar-refractivity contribution in [2.24, 2.45) is 7.05 Å². The Hall–Kier alpha value is -4.34. The summed E-state index contributed by atoms with van der Waals surface area (Å²) in [5.74, 6) is -1.29. The van der Waals surface area contributed by atoms with Crippen molar-refractivity contribution in [3.63, 3.8) is 0 Å². The van der Waals surface area contributed by atoms with Crippen LogP contribution in [0.5, 0.6) is 5.75 Å². The second kappa shape index (κ2) is 8.15. The van der Waals surface area contributed by atoms with E-state index in [1.165, 1.54) is 24.4 Å². The van der Waals surface area contributed by atoms with Crippen LogP contribution in [0.4, 0.5) is 24.5 Å². The molecule has 178 valence electrons. The molecule has 0 bridgehead atoms. The molecular weight excluding hydrogens is 461 g/mol. The van der Waals surface area contributed by atoms with Gasteiger partial charge in [0.15, 0.2) is 0 Å². The molecule has 0 amide bonds. The molecule has 1 aliphatic carbocycles. The van der Waals surface area contributed by atoms with Crippen molar-refractivity contribution < 1.29 is 27.8 Å². The van der Waals surface area contributed by atoms with Crippen LogP contribution in [0.3, 0.4) is 0 Å². The number of benzene rings is 2. The lowest BCUT2D eigenvalue weighted by Crippen LogP contribution is -2.17. The molecule has 0 atom stereocenters. The lowest BCUT2D eigenvalue weighted by Gasteiger charge is -2.20. The summed E-state index contributed by atoms with van der Waals surface area (Å²) in [6, 6.07) is 12.8. The number of fused-ring (bicyclic) bond motifs is 2. The Morgan fingerprint density at radius 3 is 2.57 bits per heavy atom. The number of carboxylic acid groups (broad SMARTS) is 1. The highest BCUT2D eigenvalue weighted by Crippen LogP contribution is 2.39. The topological polar surface area (TPSA) is 80.5 Å². The molecule has 1 aliphatic rings. The first-order valence-electron chi connectivity index (χ1n) is 10.6. The monoisotopic (exact) mass is 480 g/mol. The molecule has 0 radical (unpaired) electrons. The second-order valence-electron chi connectivity index (χ2n) is 8.12. The maximum absolute atomic E-state index is 12.5. The maximum Gasteiger partial charge on any atom is 0.573 e. The van der Waals surface area contributed by atoms with Crippen LogP contribution in [-0.2, 0) is 13.5 Å². The number of anilines is 2. The molecule has 2 heterocycles. The van der Waals surface area contributed by atoms with Crippen molar-refractivity contribution in [3.05, 3.63) is 77.2 Å². The zero-order valence-electron chi connectivity index (χ0n) is 18.7. The zero-order chi connectivity index (χ0) is 24.9. The van der Waals surface area contributed by atoms with E-state index in [4.69, 9.17) is 5.10 Å². The van der Waals surface area contributed by atoms with Crippen LogP contribution in [0.25, 0.3) is 22.6 Å². The molecule has 0 unspecified atom stereocenters. The van der Waals surface area contributed by atoms with E-state index < -0.39 is 12.3 Å². The van der Waals surface area contributed by atoms with Gasteiger partial charge in [0.25, 0.3) is 0 Å². The minimum atomic E-state index is -4.75. The summed E-state index contributed by atoms with van der Waals surface area (Å²) in [6.45, 7) is 0. The van der Waals surface area contributed by atoms with Crippen LogP contribution in [0.2, 0.25) is 0 Å². The van der Waals surface area contributed by atoms with E-state index in [0.29, 0.717) is 28.9 Å². The number of rotatable bonds is 5. The smallest absolute Gasteiger partial charge is 0.478 e. The molecule has 0 fully saturated rings. The first kappa shape index (κ1) is 22.5. The number of halogens is 3. The predicted molar refractivity (Wildman–Crippen MR) is 125 cm³/mol. The van der Waals surface area contributed by atoms with Crippen LogP contribution < -0.4 is 9.64 Å². The molecule has 35 heavy (non-hydrogen) atoms. The lowest BCUT2D eigenvalue weighted by atomic mass is 10.0. The molecule has 7 nitrogen and oxygen atoms in total. The molecule has 5 rings (SSSR count). The normalized spacial score (nSPS) is 13.0. The Kier molecular flexibility index (Phi) is 5.23. The molecular formula is C25H19F3N4O3. The van der Waals surface area contributed by atoms with Crippen LogP contribution in [0.1, 0.15) is 27.3 Å².